The maximum absolute atomic E-state index is 13.3. The van der Waals surface area contributed by atoms with E-state index in [0.717, 1.165) is 18.5 Å². The van der Waals surface area contributed by atoms with Crippen LogP contribution in [0.25, 0.3) is 0 Å². The molecule has 2 aliphatic heterocycles. The van der Waals surface area contributed by atoms with Crippen LogP contribution in [0.5, 0.6) is 0 Å². The lowest BCUT2D eigenvalue weighted by molar-refractivity contribution is -0.152. The number of carboxylic acid groups (broad SMARTS) is 1. The van der Waals surface area contributed by atoms with Gasteiger partial charge in [0, 0.05) is 37.3 Å². The van der Waals surface area contributed by atoms with Crippen molar-refractivity contribution >= 4 is 11.9 Å². The molecule has 0 unspecified atom stereocenters. The zero-order valence-corrected chi connectivity index (χ0v) is 14.5. The number of carbonyl (C=O) groups is 2. The van der Waals surface area contributed by atoms with Crippen molar-refractivity contribution in [2.75, 3.05) is 13.1 Å². The Balaban J connectivity index is 1.42. The highest BCUT2D eigenvalue weighted by molar-refractivity contribution is 5.87. The number of piperidine rings is 1. The SMILES string of the molecule is O=C(O)[C@H]1[C@@H](C(=O)N2C[C@@H]3C[C@@H](C2)c2cccc(=O)n2C3)[C@@H]2C=C[C@@H]1C2. The minimum atomic E-state index is -0.852. The summed E-state index contributed by atoms with van der Waals surface area (Å²) in [4.78, 5) is 39.0. The van der Waals surface area contributed by atoms with E-state index in [1.54, 1.807) is 12.1 Å². The predicted molar refractivity (Wildman–Crippen MR) is 93.5 cm³/mol. The maximum atomic E-state index is 13.3. The molecule has 3 heterocycles. The molecule has 136 valence electrons. The molecule has 0 aromatic carbocycles. The first-order valence-electron chi connectivity index (χ1n) is 9.42. The van der Waals surface area contributed by atoms with Gasteiger partial charge in [0.2, 0.25) is 5.91 Å². The normalized spacial score (nSPS) is 36.8. The molecule has 4 aliphatic rings. The Morgan fingerprint density at radius 3 is 2.54 bits per heavy atom. The monoisotopic (exact) mass is 354 g/mol. The molecule has 1 aromatic heterocycles. The molecule has 6 atom stereocenters. The molecule has 0 radical (unpaired) electrons. The fourth-order valence-corrected chi connectivity index (χ4v) is 5.78. The first-order chi connectivity index (χ1) is 12.5. The number of fused-ring (bicyclic) bond motifs is 6. The van der Waals surface area contributed by atoms with Crippen LogP contribution in [0.2, 0.25) is 0 Å². The summed E-state index contributed by atoms with van der Waals surface area (Å²) in [5, 5.41) is 9.63. The van der Waals surface area contributed by atoms with Crippen LogP contribution in [-0.2, 0) is 16.1 Å². The zero-order chi connectivity index (χ0) is 18.0. The second-order valence-corrected chi connectivity index (χ2v) is 8.28. The van der Waals surface area contributed by atoms with E-state index in [4.69, 9.17) is 0 Å². The number of carbonyl (C=O) groups excluding carboxylic acids is 1. The fraction of sp³-hybridized carbons (Fsp3) is 0.550. The number of amides is 1. The average molecular weight is 354 g/mol. The van der Waals surface area contributed by atoms with Crippen molar-refractivity contribution in [2.24, 2.45) is 29.6 Å². The Kier molecular flexibility index (Phi) is 3.39. The van der Waals surface area contributed by atoms with E-state index in [1.807, 2.05) is 27.7 Å². The van der Waals surface area contributed by atoms with Gasteiger partial charge in [0.05, 0.1) is 11.8 Å². The van der Waals surface area contributed by atoms with Crippen LogP contribution in [0.4, 0.5) is 0 Å². The number of pyridine rings is 1. The van der Waals surface area contributed by atoms with Gasteiger partial charge in [-0.05, 0) is 36.7 Å². The first kappa shape index (κ1) is 15.9. The van der Waals surface area contributed by atoms with Gasteiger partial charge in [0.1, 0.15) is 0 Å². The summed E-state index contributed by atoms with van der Waals surface area (Å²) in [6.45, 7) is 1.86. The highest BCUT2D eigenvalue weighted by Crippen LogP contribution is 2.49. The van der Waals surface area contributed by atoms with Crippen molar-refractivity contribution in [3.8, 4) is 0 Å². The van der Waals surface area contributed by atoms with Gasteiger partial charge >= 0.3 is 5.97 Å². The Bertz CT molecular complexity index is 873. The van der Waals surface area contributed by atoms with Crippen molar-refractivity contribution < 1.29 is 14.7 Å². The van der Waals surface area contributed by atoms with E-state index in [0.29, 0.717) is 19.6 Å². The lowest BCUT2D eigenvalue weighted by atomic mass is 9.79. The summed E-state index contributed by atoms with van der Waals surface area (Å²) in [5.41, 5.74) is 1.04. The average Bonchev–Trinajstić information content (AvgIpc) is 3.23. The Labute approximate surface area is 151 Å². The van der Waals surface area contributed by atoms with Gasteiger partial charge in [-0.1, -0.05) is 18.2 Å². The van der Waals surface area contributed by atoms with Crippen molar-refractivity contribution in [2.45, 2.75) is 25.3 Å². The minimum Gasteiger partial charge on any atom is -0.481 e. The van der Waals surface area contributed by atoms with Crippen LogP contribution >= 0.6 is 0 Å². The summed E-state index contributed by atoms with van der Waals surface area (Å²) in [5.74, 6) is -1.39. The third-order valence-electron chi connectivity index (χ3n) is 6.82. The smallest absolute Gasteiger partial charge is 0.307 e. The molecule has 1 N–H and O–H groups in total. The van der Waals surface area contributed by atoms with E-state index in [-0.39, 0.29) is 35.1 Å². The molecule has 1 saturated heterocycles. The lowest BCUT2D eigenvalue weighted by Gasteiger charge is -2.44. The number of hydrogen-bond donors (Lipinski definition) is 1. The number of hydrogen-bond acceptors (Lipinski definition) is 3. The van der Waals surface area contributed by atoms with E-state index in [2.05, 4.69) is 0 Å². The topological polar surface area (TPSA) is 79.6 Å². The van der Waals surface area contributed by atoms with Crippen LogP contribution in [-0.4, -0.2) is 39.5 Å². The van der Waals surface area contributed by atoms with Gasteiger partial charge in [-0.15, -0.1) is 0 Å². The molecule has 5 rings (SSSR count). The number of aliphatic carboxylic acids is 1. The number of likely N-dealkylation sites (tertiary alicyclic amines) is 1. The molecule has 4 bridgehead atoms. The molecular formula is C20H22N2O4. The molecule has 26 heavy (non-hydrogen) atoms. The van der Waals surface area contributed by atoms with Gasteiger partial charge in [-0.3, -0.25) is 14.4 Å². The number of rotatable bonds is 2. The number of carboxylic acids is 1. The van der Waals surface area contributed by atoms with E-state index < -0.39 is 17.8 Å². The van der Waals surface area contributed by atoms with E-state index >= 15 is 0 Å². The Hall–Kier alpha value is -2.37. The second-order valence-electron chi connectivity index (χ2n) is 8.28. The van der Waals surface area contributed by atoms with Crippen molar-refractivity contribution in [1.82, 2.24) is 9.47 Å². The van der Waals surface area contributed by atoms with Gasteiger partial charge in [0.15, 0.2) is 0 Å². The van der Waals surface area contributed by atoms with Gasteiger partial charge in [-0.2, -0.15) is 0 Å². The van der Waals surface area contributed by atoms with Crippen LogP contribution in [0.3, 0.4) is 0 Å². The Morgan fingerprint density at radius 1 is 1.00 bits per heavy atom. The van der Waals surface area contributed by atoms with E-state index in [9.17, 15) is 19.5 Å². The third kappa shape index (κ3) is 2.20. The highest BCUT2D eigenvalue weighted by Gasteiger charge is 2.53. The second kappa shape index (κ2) is 5.56. The van der Waals surface area contributed by atoms with Gasteiger partial charge < -0.3 is 14.6 Å². The Morgan fingerprint density at radius 2 is 1.77 bits per heavy atom. The van der Waals surface area contributed by atoms with Crippen LogP contribution in [0, 0.1) is 29.6 Å². The number of nitrogens with zero attached hydrogens (tertiary/aromatic N) is 2. The van der Waals surface area contributed by atoms with Crippen LogP contribution in [0.15, 0.2) is 35.1 Å². The van der Waals surface area contributed by atoms with E-state index in [1.165, 1.54) is 0 Å². The number of allylic oxidation sites excluding steroid dienone is 2. The standard InChI is InChI=1S/C20H22N2O4/c23-16-3-1-2-15-14-6-11(9-22(15)16)8-21(10-14)19(24)17-12-4-5-13(7-12)18(17)20(25)26/h1-5,11-14,17-18H,6-10H2,(H,25,26)/t11-,12+,13+,14-,17-,18+/m0/s1. The third-order valence-corrected chi connectivity index (χ3v) is 6.82. The molecule has 1 amide bonds. The first-order valence-corrected chi connectivity index (χ1v) is 9.42. The molecule has 2 aliphatic carbocycles. The molecule has 1 aromatic rings. The van der Waals surface area contributed by atoms with Crippen molar-refractivity contribution in [3.63, 3.8) is 0 Å². The molecule has 6 nitrogen and oxygen atoms in total. The summed E-state index contributed by atoms with van der Waals surface area (Å²) in [7, 11) is 0. The lowest BCUT2D eigenvalue weighted by Crippen LogP contribution is -2.52. The summed E-state index contributed by atoms with van der Waals surface area (Å²) in [6, 6.07) is 5.36. The summed E-state index contributed by atoms with van der Waals surface area (Å²) in [6.07, 6.45) is 5.78. The summed E-state index contributed by atoms with van der Waals surface area (Å²) >= 11 is 0. The molecule has 0 spiro atoms. The van der Waals surface area contributed by atoms with Crippen molar-refractivity contribution in [1.29, 1.82) is 0 Å². The van der Waals surface area contributed by atoms with Crippen LogP contribution < -0.4 is 5.56 Å². The maximum Gasteiger partial charge on any atom is 0.307 e. The molecular weight excluding hydrogens is 332 g/mol. The van der Waals surface area contributed by atoms with Gasteiger partial charge in [-0.25, -0.2) is 0 Å². The fourth-order valence-electron chi connectivity index (χ4n) is 5.78. The van der Waals surface area contributed by atoms with Crippen LogP contribution in [0.1, 0.15) is 24.5 Å². The molecule has 6 heteroatoms. The number of aromatic nitrogens is 1. The predicted octanol–water partition coefficient (Wildman–Crippen LogP) is 1.32. The molecule has 1 saturated carbocycles. The zero-order valence-electron chi connectivity index (χ0n) is 14.5. The summed E-state index contributed by atoms with van der Waals surface area (Å²) < 4.78 is 1.85. The van der Waals surface area contributed by atoms with Gasteiger partial charge in [0.25, 0.3) is 5.56 Å². The highest BCUT2D eigenvalue weighted by atomic mass is 16.4. The molecule has 2 fully saturated rings. The van der Waals surface area contributed by atoms with Crippen molar-refractivity contribution in [3.05, 3.63) is 46.4 Å². The quantitative estimate of drug-likeness (QED) is 0.813. The minimum absolute atomic E-state index is 0.00400. The largest absolute Gasteiger partial charge is 0.481 e.